The van der Waals surface area contributed by atoms with E-state index in [-0.39, 0.29) is 25.3 Å². The van der Waals surface area contributed by atoms with Crippen molar-refractivity contribution in [2.24, 2.45) is 0 Å². The number of fused-ring (bicyclic) bond motifs is 2. The number of nitrogens with zero attached hydrogens (tertiary/aromatic N) is 10. The summed E-state index contributed by atoms with van der Waals surface area (Å²) in [6.07, 6.45) is 9.64. The van der Waals surface area contributed by atoms with Crippen molar-refractivity contribution in [3.05, 3.63) is 110 Å². The highest BCUT2D eigenvalue weighted by molar-refractivity contribution is 5.84. The molecule has 0 amide bonds. The molecule has 0 aliphatic rings. The van der Waals surface area contributed by atoms with E-state index < -0.39 is 12.2 Å². The number of aliphatic hydroxyl groups is 2. The van der Waals surface area contributed by atoms with Gasteiger partial charge in [-0.25, -0.2) is 9.97 Å². The summed E-state index contributed by atoms with van der Waals surface area (Å²) in [6, 6.07) is 23.4. The summed E-state index contributed by atoms with van der Waals surface area (Å²) >= 11 is 0. The third-order valence-corrected chi connectivity index (χ3v) is 11.3. The Hall–Kier alpha value is -7.38. The average molecular weight is 955 g/mol. The number of aliphatic hydroxyl groups excluding tert-OH is 2. The van der Waals surface area contributed by atoms with Gasteiger partial charge in [-0.15, -0.1) is 0 Å². The Labute approximate surface area is 408 Å². The maximum Gasteiger partial charge on any atom is 0.124 e. The lowest BCUT2D eigenvalue weighted by Crippen LogP contribution is -2.31. The zero-order valence-electron chi connectivity index (χ0n) is 41.3. The van der Waals surface area contributed by atoms with E-state index >= 15 is 0 Å². The zero-order valence-corrected chi connectivity index (χ0v) is 41.3. The second-order valence-corrected chi connectivity index (χ2v) is 17.0. The van der Waals surface area contributed by atoms with Gasteiger partial charge in [-0.3, -0.25) is 19.3 Å². The predicted molar refractivity (Wildman–Crippen MR) is 271 cm³/mol. The van der Waals surface area contributed by atoms with Crippen LogP contribution in [0.25, 0.3) is 44.6 Å². The largest absolute Gasteiger partial charge is 0.497 e. The molecule has 0 saturated heterocycles. The molecule has 18 heteroatoms. The van der Waals surface area contributed by atoms with Gasteiger partial charge in [-0.05, 0) is 64.1 Å². The molecule has 0 aliphatic carbocycles. The van der Waals surface area contributed by atoms with E-state index in [1.807, 2.05) is 104 Å². The van der Waals surface area contributed by atoms with Crippen LogP contribution in [0.1, 0.15) is 39.8 Å². The minimum Gasteiger partial charge on any atom is -0.497 e. The third-order valence-electron chi connectivity index (χ3n) is 11.3. The van der Waals surface area contributed by atoms with Crippen molar-refractivity contribution in [2.75, 3.05) is 78.8 Å². The van der Waals surface area contributed by atoms with Crippen LogP contribution < -0.4 is 28.7 Å². The lowest BCUT2D eigenvalue weighted by Gasteiger charge is -2.28. The maximum absolute atomic E-state index is 10.6. The van der Waals surface area contributed by atoms with E-state index in [0.717, 1.165) is 67.3 Å². The topological polar surface area (TPSA) is 190 Å². The molecular formula is C52H62N10O8. The van der Waals surface area contributed by atoms with Crippen molar-refractivity contribution < 1.29 is 38.6 Å². The Balaban J connectivity index is 0.000000206. The van der Waals surface area contributed by atoms with Gasteiger partial charge in [-0.2, -0.15) is 10.2 Å². The van der Waals surface area contributed by atoms with Gasteiger partial charge in [0.05, 0.1) is 125 Å². The van der Waals surface area contributed by atoms with Crippen molar-refractivity contribution in [1.29, 1.82) is 0 Å². The SMILES string of the molecule is COC[C@@H](O)CN(c1cc(OC)cc(OC)c1)c1ccc2ncc(-c3cnn(C(C)C)c3)nc2c1.COC[C@H](O)CN(c1cc(OC)cc(OC)c1)c1ccc2ncc(-c3cnn(C(C)C)c3)nc2c1. The first-order valence-corrected chi connectivity index (χ1v) is 22.8. The summed E-state index contributed by atoms with van der Waals surface area (Å²) in [5.41, 5.74) is 9.61. The standard InChI is InChI=1S/2C26H31N5O4/c2*1-17(2)31-14-18(12-28-31)26-13-27-24-7-6-19(10-25(24)29-26)30(15-21(32)16-33-3)20-8-22(34-4)11-23(9-20)35-5/h2*6-14,17,21,32H,15-16H2,1-5H3/t2*21-/m10/s1. The molecule has 4 aromatic heterocycles. The third kappa shape index (κ3) is 12.3. The second kappa shape index (κ2) is 23.3. The summed E-state index contributed by atoms with van der Waals surface area (Å²) in [7, 11) is 9.57. The maximum atomic E-state index is 10.6. The number of rotatable bonds is 20. The van der Waals surface area contributed by atoms with E-state index in [1.54, 1.807) is 67.4 Å². The molecule has 18 nitrogen and oxygen atoms in total. The summed E-state index contributed by atoms with van der Waals surface area (Å²) in [4.78, 5) is 22.9. The normalized spacial score (nSPS) is 12.2. The predicted octanol–water partition coefficient (Wildman–Crippen LogP) is 8.47. The van der Waals surface area contributed by atoms with Gasteiger partial charge in [0.2, 0.25) is 0 Å². The van der Waals surface area contributed by atoms with Crippen LogP contribution in [0.5, 0.6) is 23.0 Å². The molecule has 0 bridgehead atoms. The summed E-state index contributed by atoms with van der Waals surface area (Å²) in [5, 5.41) is 30.0. The fraction of sp³-hybridized carbons (Fsp3) is 0.346. The fourth-order valence-electron chi connectivity index (χ4n) is 7.65. The van der Waals surface area contributed by atoms with E-state index in [1.165, 1.54) is 0 Å². The Kier molecular flexibility index (Phi) is 16.8. The van der Waals surface area contributed by atoms with Crippen molar-refractivity contribution >= 4 is 44.8 Å². The zero-order chi connectivity index (χ0) is 49.9. The molecule has 4 aromatic carbocycles. The first kappa shape index (κ1) is 50.5. The highest BCUT2D eigenvalue weighted by Crippen LogP contribution is 2.36. The van der Waals surface area contributed by atoms with Crippen LogP contribution in [-0.4, -0.2) is 131 Å². The van der Waals surface area contributed by atoms with Crippen LogP contribution in [0.2, 0.25) is 0 Å². The van der Waals surface area contributed by atoms with Crippen molar-refractivity contribution in [3.63, 3.8) is 0 Å². The quantitative estimate of drug-likeness (QED) is 0.0739. The van der Waals surface area contributed by atoms with Crippen molar-refractivity contribution in [1.82, 2.24) is 39.5 Å². The van der Waals surface area contributed by atoms with Crippen LogP contribution in [0.15, 0.2) is 110 Å². The molecule has 0 unspecified atom stereocenters. The molecule has 2 atom stereocenters. The van der Waals surface area contributed by atoms with Gasteiger partial charge in [0.25, 0.3) is 0 Å². The Bertz CT molecular complexity index is 2730. The van der Waals surface area contributed by atoms with E-state index in [9.17, 15) is 10.2 Å². The number of hydrogen-bond donors (Lipinski definition) is 2. The summed E-state index contributed by atoms with van der Waals surface area (Å²) in [6.45, 7) is 9.31. The molecule has 8 aromatic rings. The number of hydrogen-bond acceptors (Lipinski definition) is 16. The molecule has 70 heavy (non-hydrogen) atoms. The van der Waals surface area contributed by atoms with Crippen LogP contribution >= 0.6 is 0 Å². The van der Waals surface area contributed by atoms with Crippen LogP contribution in [-0.2, 0) is 9.47 Å². The molecule has 2 N–H and O–H groups in total. The number of aromatic nitrogens is 8. The molecule has 0 fully saturated rings. The lowest BCUT2D eigenvalue weighted by atomic mass is 10.1. The molecule has 0 saturated carbocycles. The minimum absolute atomic E-state index is 0.203. The number of methoxy groups -OCH3 is 6. The second-order valence-electron chi connectivity index (χ2n) is 17.0. The van der Waals surface area contributed by atoms with Gasteiger partial charge in [0.1, 0.15) is 23.0 Å². The molecule has 0 aliphatic heterocycles. The highest BCUT2D eigenvalue weighted by Gasteiger charge is 2.20. The smallest absolute Gasteiger partial charge is 0.124 e. The first-order valence-electron chi connectivity index (χ1n) is 22.8. The fourth-order valence-corrected chi connectivity index (χ4v) is 7.65. The molecule has 0 radical (unpaired) electrons. The number of ether oxygens (including phenoxy) is 6. The molecule has 8 rings (SSSR count). The van der Waals surface area contributed by atoms with Gasteiger partial charge >= 0.3 is 0 Å². The molecule has 4 heterocycles. The average Bonchev–Trinajstić information content (AvgIpc) is 4.09. The number of benzene rings is 4. The highest BCUT2D eigenvalue weighted by atomic mass is 16.5. The van der Waals surface area contributed by atoms with Crippen LogP contribution in [0.4, 0.5) is 22.7 Å². The molecular weight excluding hydrogens is 893 g/mol. The summed E-state index contributed by atoms with van der Waals surface area (Å²) in [5.74, 6) is 2.59. The van der Waals surface area contributed by atoms with Crippen LogP contribution in [0.3, 0.4) is 0 Å². The molecule has 0 spiro atoms. The Morgan fingerprint density at radius 2 is 0.843 bits per heavy atom. The van der Waals surface area contributed by atoms with Gasteiger partial charge in [0, 0.05) is 109 Å². The molecule has 368 valence electrons. The van der Waals surface area contributed by atoms with Gasteiger partial charge in [0.15, 0.2) is 0 Å². The Morgan fingerprint density at radius 1 is 0.471 bits per heavy atom. The van der Waals surface area contributed by atoms with Crippen LogP contribution in [0, 0.1) is 0 Å². The van der Waals surface area contributed by atoms with Crippen molar-refractivity contribution in [2.45, 2.75) is 52.0 Å². The number of anilines is 4. The minimum atomic E-state index is -0.716. The van der Waals surface area contributed by atoms with Gasteiger partial charge < -0.3 is 48.4 Å². The monoisotopic (exact) mass is 954 g/mol. The van der Waals surface area contributed by atoms with Gasteiger partial charge in [-0.1, -0.05) is 0 Å². The summed E-state index contributed by atoms with van der Waals surface area (Å²) < 4.78 is 36.0. The van der Waals surface area contributed by atoms with E-state index in [2.05, 4.69) is 47.9 Å². The van der Waals surface area contributed by atoms with E-state index in [4.69, 9.17) is 38.4 Å². The first-order chi connectivity index (χ1) is 33.8. The van der Waals surface area contributed by atoms with E-state index in [0.29, 0.717) is 36.1 Å². The Morgan fingerprint density at radius 3 is 1.16 bits per heavy atom. The lowest BCUT2D eigenvalue weighted by molar-refractivity contribution is 0.0701. The van der Waals surface area contributed by atoms with Crippen molar-refractivity contribution in [3.8, 4) is 45.5 Å².